The summed E-state index contributed by atoms with van der Waals surface area (Å²) in [5.74, 6) is 0.897. The Balaban J connectivity index is 1.70. The van der Waals surface area contributed by atoms with Crippen molar-refractivity contribution in [2.24, 2.45) is 0 Å². The average molecular weight is 381 g/mol. The smallest absolute Gasteiger partial charge is 0.240 e. The molecule has 0 fully saturated rings. The third kappa shape index (κ3) is 4.71. The number of nitrogens with one attached hydrogen (secondary N) is 2. The first-order chi connectivity index (χ1) is 13.1. The molecule has 5 nitrogen and oxygen atoms in total. The van der Waals surface area contributed by atoms with Crippen LogP contribution in [0.15, 0.2) is 54.6 Å². The number of nitrogens with zero attached hydrogens (tertiary/aromatic N) is 2. The maximum atomic E-state index is 12.5. The number of benzene rings is 2. The van der Waals surface area contributed by atoms with Crippen molar-refractivity contribution in [2.45, 2.75) is 32.7 Å². The molecule has 3 aromatic rings. The number of carbonyl (C=O) groups excluding carboxylic acids is 1. The van der Waals surface area contributed by atoms with Crippen molar-refractivity contribution in [3.8, 4) is 11.4 Å². The zero-order valence-electron chi connectivity index (χ0n) is 15.6. The quantitative estimate of drug-likeness (QED) is 0.603. The Labute approximate surface area is 164 Å². The van der Waals surface area contributed by atoms with Crippen molar-refractivity contribution in [3.63, 3.8) is 0 Å². The number of hydrogen-bond donors (Lipinski definition) is 2. The van der Waals surface area contributed by atoms with Crippen LogP contribution in [0.25, 0.3) is 11.4 Å². The maximum absolute atomic E-state index is 12.5. The molecular weight excluding hydrogens is 356 g/mol. The van der Waals surface area contributed by atoms with Crippen molar-refractivity contribution in [3.05, 3.63) is 70.5 Å². The van der Waals surface area contributed by atoms with E-state index in [0.717, 1.165) is 17.5 Å². The SMILES string of the molecule is CC[C@@H](CNC(=O)Cn1c(-c2cccc(C)c2)n[nH]c1=S)c1ccccc1. The number of H-pyrrole nitrogens is 1. The van der Waals surface area contributed by atoms with Gasteiger partial charge in [-0.3, -0.25) is 14.5 Å². The van der Waals surface area contributed by atoms with E-state index in [-0.39, 0.29) is 12.5 Å². The first kappa shape index (κ1) is 19.0. The predicted octanol–water partition coefficient (Wildman–Crippen LogP) is 4.23. The molecule has 2 aromatic carbocycles. The van der Waals surface area contributed by atoms with Crippen LogP contribution in [0.5, 0.6) is 0 Å². The number of aromatic amines is 1. The first-order valence-corrected chi connectivity index (χ1v) is 9.53. The van der Waals surface area contributed by atoms with Gasteiger partial charge >= 0.3 is 0 Å². The van der Waals surface area contributed by atoms with E-state index < -0.39 is 0 Å². The lowest BCUT2D eigenvalue weighted by Crippen LogP contribution is -2.31. The highest BCUT2D eigenvalue weighted by atomic mass is 32.1. The first-order valence-electron chi connectivity index (χ1n) is 9.12. The van der Waals surface area contributed by atoms with Crippen molar-refractivity contribution in [1.29, 1.82) is 0 Å². The van der Waals surface area contributed by atoms with Crippen molar-refractivity contribution >= 4 is 18.1 Å². The minimum Gasteiger partial charge on any atom is -0.354 e. The van der Waals surface area contributed by atoms with Crippen molar-refractivity contribution < 1.29 is 4.79 Å². The molecule has 0 radical (unpaired) electrons. The molecule has 1 aromatic heterocycles. The molecule has 140 valence electrons. The maximum Gasteiger partial charge on any atom is 0.240 e. The van der Waals surface area contributed by atoms with Gasteiger partial charge < -0.3 is 5.32 Å². The molecule has 3 rings (SSSR count). The van der Waals surface area contributed by atoms with Crippen LogP contribution in [-0.4, -0.2) is 27.2 Å². The predicted molar refractivity (Wildman–Crippen MR) is 110 cm³/mol. The van der Waals surface area contributed by atoms with Gasteiger partial charge in [0.05, 0.1) is 0 Å². The Morgan fingerprint density at radius 1 is 1.22 bits per heavy atom. The van der Waals surface area contributed by atoms with E-state index in [1.54, 1.807) is 4.57 Å². The zero-order chi connectivity index (χ0) is 19.2. The second-order valence-electron chi connectivity index (χ2n) is 6.63. The summed E-state index contributed by atoms with van der Waals surface area (Å²) in [6.07, 6.45) is 0.962. The van der Waals surface area contributed by atoms with Gasteiger partial charge in [0.1, 0.15) is 6.54 Å². The summed E-state index contributed by atoms with van der Waals surface area (Å²) in [5.41, 5.74) is 3.30. The van der Waals surface area contributed by atoms with Gasteiger partial charge in [0.15, 0.2) is 10.6 Å². The lowest BCUT2D eigenvalue weighted by molar-refractivity contribution is -0.121. The Bertz CT molecular complexity index is 962. The van der Waals surface area contributed by atoms with Crippen LogP contribution >= 0.6 is 12.2 Å². The fourth-order valence-electron chi connectivity index (χ4n) is 3.13. The van der Waals surface area contributed by atoms with Crippen LogP contribution < -0.4 is 5.32 Å². The van der Waals surface area contributed by atoms with Crippen LogP contribution in [0.2, 0.25) is 0 Å². The Morgan fingerprint density at radius 3 is 2.70 bits per heavy atom. The molecule has 1 heterocycles. The fraction of sp³-hybridized carbons (Fsp3) is 0.286. The Morgan fingerprint density at radius 2 is 2.00 bits per heavy atom. The fourth-order valence-corrected chi connectivity index (χ4v) is 3.33. The van der Waals surface area contributed by atoms with Gasteiger partial charge in [-0.2, -0.15) is 5.10 Å². The number of hydrogen-bond acceptors (Lipinski definition) is 3. The zero-order valence-corrected chi connectivity index (χ0v) is 16.4. The van der Waals surface area contributed by atoms with Gasteiger partial charge in [-0.15, -0.1) is 0 Å². The number of carbonyl (C=O) groups is 1. The minimum absolute atomic E-state index is 0.0733. The van der Waals surface area contributed by atoms with Crippen LogP contribution in [0.3, 0.4) is 0 Å². The normalized spacial score (nSPS) is 11.9. The molecule has 6 heteroatoms. The van der Waals surface area contributed by atoms with Gasteiger partial charge in [-0.25, -0.2) is 0 Å². The highest BCUT2D eigenvalue weighted by Gasteiger charge is 2.14. The second-order valence-corrected chi connectivity index (χ2v) is 7.01. The van der Waals surface area contributed by atoms with Gasteiger partial charge in [-0.05, 0) is 37.2 Å². The summed E-state index contributed by atoms with van der Waals surface area (Å²) in [6.45, 7) is 4.90. The lowest BCUT2D eigenvalue weighted by atomic mass is 9.96. The molecule has 0 aliphatic heterocycles. The molecule has 1 atom stereocenters. The van der Waals surface area contributed by atoms with Crippen LogP contribution in [-0.2, 0) is 11.3 Å². The van der Waals surface area contributed by atoms with E-state index in [4.69, 9.17) is 12.2 Å². The van der Waals surface area contributed by atoms with Crippen LogP contribution in [0.1, 0.15) is 30.4 Å². The summed E-state index contributed by atoms with van der Waals surface area (Å²) in [6, 6.07) is 18.2. The Kier molecular flexibility index (Phi) is 6.19. The summed E-state index contributed by atoms with van der Waals surface area (Å²) in [7, 11) is 0. The summed E-state index contributed by atoms with van der Waals surface area (Å²) >= 11 is 5.32. The van der Waals surface area contributed by atoms with Gasteiger partial charge in [0, 0.05) is 18.0 Å². The van der Waals surface area contributed by atoms with E-state index in [1.165, 1.54) is 5.56 Å². The number of aromatic nitrogens is 3. The van der Waals surface area contributed by atoms with Crippen molar-refractivity contribution in [1.82, 2.24) is 20.1 Å². The van der Waals surface area contributed by atoms with E-state index in [2.05, 4.69) is 34.6 Å². The molecule has 0 bridgehead atoms. The van der Waals surface area contributed by atoms with E-state index in [0.29, 0.717) is 23.1 Å². The average Bonchev–Trinajstić information content (AvgIpc) is 3.03. The molecule has 2 N–H and O–H groups in total. The largest absolute Gasteiger partial charge is 0.354 e. The van der Waals surface area contributed by atoms with Crippen LogP contribution in [0, 0.1) is 11.7 Å². The number of amides is 1. The standard InChI is InChI=1S/C21H24N4OS/c1-3-16(17-9-5-4-6-10-17)13-22-19(26)14-25-20(23-24-21(25)27)18-11-7-8-15(2)12-18/h4-12,16H,3,13-14H2,1-2H3,(H,22,26)(H,24,27)/t16-/m0/s1. The van der Waals surface area contributed by atoms with Crippen molar-refractivity contribution in [2.75, 3.05) is 6.54 Å². The summed E-state index contributed by atoms with van der Waals surface area (Å²) in [4.78, 5) is 12.5. The highest BCUT2D eigenvalue weighted by molar-refractivity contribution is 7.71. The number of aryl methyl sites for hydroxylation is 1. The van der Waals surface area contributed by atoms with Gasteiger partial charge in [-0.1, -0.05) is 61.0 Å². The third-order valence-corrected chi connectivity index (χ3v) is 4.96. The molecule has 27 heavy (non-hydrogen) atoms. The summed E-state index contributed by atoms with van der Waals surface area (Å²) < 4.78 is 2.18. The van der Waals surface area contributed by atoms with E-state index >= 15 is 0 Å². The molecule has 0 aliphatic carbocycles. The third-order valence-electron chi connectivity index (χ3n) is 4.65. The molecule has 0 saturated carbocycles. The van der Waals surface area contributed by atoms with Gasteiger partial charge in [0.2, 0.25) is 5.91 Å². The van der Waals surface area contributed by atoms with Crippen LogP contribution in [0.4, 0.5) is 0 Å². The summed E-state index contributed by atoms with van der Waals surface area (Å²) in [5, 5.41) is 10.1. The second kappa shape index (κ2) is 8.77. The molecular formula is C21H24N4OS. The highest BCUT2D eigenvalue weighted by Crippen LogP contribution is 2.19. The molecule has 0 unspecified atom stereocenters. The minimum atomic E-state index is -0.0733. The Hall–Kier alpha value is -2.73. The monoisotopic (exact) mass is 380 g/mol. The lowest BCUT2D eigenvalue weighted by Gasteiger charge is -2.16. The topological polar surface area (TPSA) is 62.7 Å². The number of rotatable bonds is 7. The molecule has 1 amide bonds. The van der Waals surface area contributed by atoms with Gasteiger partial charge in [0.25, 0.3) is 0 Å². The molecule has 0 spiro atoms. The molecule has 0 aliphatic rings. The van der Waals surface area contributed by atoms with E-state index in [1.807, 2.05) is 49.4 Å². The molecule has 0 saturated heterocycles. The van der Waals surface area contributed by atoms with E-state index in [9.17, 15) is 4.79 Å².